The third-order valence-corrected chi connectivity index (χ3v) is 5.14. The first kappa shape index (κ1) is 18.3. The number of hydrogen-bond donors (Lipinski definition) is 1. The fourth-order valence-corrected chi connectivity index (χ4v) is 3.80. The van der Waals surface area contributed by atoms with E-state index in [9.17, 15) is 9.18 Å². The molecule has 4 nitrogen and oxygen atoms in total. The molecule has 1 aliphatic rings. The molecule has 1 heterocycles. The number of ether oxygens (including phenoxy) is 1. The minimum absolute atomic E-state index is 0.193. The van der Waals surface area contributed by atoms with Crippen molar-refractivity contribution >= 4 is 45.4 Å². The van der Waals surface area contributed by atoms with Crippen molar-refractivity contribution in [1.29, 1.82) is 0 Å². The van der Waals surface area contributed by atoms with Crippen LogP contribution in [0.25, 0.3) is 16.8 Å². The van der Waals surface area contributed by atoms with E-state index in [0.717, 1.165) is 22.1 Å². The normalized spacial score (nSPS) is 16.7. The Bertz CT molecular complexity index is 1120. The van der Waals surface area contributed by atoms with E-state index in [0.29, 0.717) is 16.7 Å². The Balaban J connectivity index is 1.69. The summed E-state index contributed by atoms with van der Waals surface area (Å²) in [7, 11) is 0. The molecule has 0 bridgehead atoms. The number of rotatable bonds is 4. The lowest BCUT2D eigenvalue weighted by Crippen LogP contribution is -2.19. The number of nitrogens with zero attached hydrogens (tertiary/aromatic N) is 1. The Kier molecular flexibility index (Phi) is 5.12. The number of para-hydroxylation sites is 1. The van der Waals surface area contributed by atoms with Gasteiger partial charge in [0.05, 0.1) is 11.5 Å². The average molecular weight is 392 g/mol. The summed E-state index contributed by atoms with van der Waals surface area (Å²) in [5.74, 6) is 0.128. The fraction of sp³-hybridized carbons (Fsp3) is 0.0909. The number of halogens is 1. The molecule has 1 aliphatic heterocycles. The molecule has 140 valence electrons. The molecule has 0 atom stereocenters. The number of aliphatic imine (C=N–C) groups is 1. The van der Waals surface area contributed by atoms with Crippen molar-refractivity contribution in [3.05, 3.63) is 76.9 Å². The summed E-state index contributed by atoms with van der Waals surface area (Å²) in [6, 6.07) is 17.9. The van der Waals surface area contributed by atoms with Gasteiger partial charge in [-0.2, -0.15) is 0 Å². The number of hydrogen-bond acceptors (Lipinski definition) is 4. The number of fused-ring (bicyclic) bond motifs is 1. The molecule has 0 spiro atoms. The van der Waals surface area contributed by atoms with E-state index in [2.05, 4.69) is 10.3 Å². The van der Waals surface area contributed by atoms with E-state index in [1.54, 1.807) is 18.2 Å². The quantitative estimate of drug-likeness (QED) is 0.616. The molecule has 0 radical (unpaired) electrons. The molecular formula is C22H17FN2O2S. The van der Waals surface area contributed by atoms with Crippen LogP contribution in [0.3, 0.4) is 0 Å². The zero-order valence-corrected chi connectivity index (χ0v) is 15.9. The Morgan fingerprint density at radius 3 is 2.61 bits per heavy atom. The van der Waals surface area contributed by atoms with Crippen molar-refractivity contribution in [2.75, 3.05) is 6.61 Å². The molecule has 1 fully saturated rings. The van der Waals surface area contributed by atoms with E-state index < -0.39 is 5.82 Å². The number of carbonyl (C=O) groups is 1. The minimum atomic E-state index is -0.431. The number of amides is 1. The maximum atomic E-state index is 13.8. The maximum absolute atomic E-state index is 13.8. The van der Waals surface area contributed by atoms with Crippen LogP contribution in [0.5, 0.6) is 5.75 Å². The topological polar surface area (TPSA) is 50.7 Å². The molecule has 3 aromatic rings. The van der Waals surface area contributed by atoms with Gasteiger partial charge in [0, 0.05) is 5.39 Å². The highest BCUT2D eigenvalue weighted by atomic mass is 32.2. The standard InChI is InChI=1S/C22H17FN2O2S/c1-2-27-19-12-11-14(15-7-3-4-8-16(15)19)13-20-21(26)25-22(28-20)24-18-10-6-5-9-17(18)23/h3-13H,2H2,1H3,(H,24,25,26)/b20-13-. The monoisotopic (exact) mass is 392 g/mol. The summed E-state index contributed by atoms with van der Waals surface area (Å²) in [5, 5.41) is 5.03. The fourth-order valence-electron chi connectivity index (χ4n) is 2.98. The van der Waals surface area contributed by atoms with E-state index in [1.807, 2.05) is 49.4 Å². The first-order valence-electron chi connectivity index (χ1n) is 8.84. The van der Waals surface area contributed by atoms with Crippen LogP contribution in [-0.4, -0.2) is 17.7 Å². The van der Waals surface area contributed by atoms with Crippen molar-refractivity contribution in [2.45, 2.75) is 6.92 Å². The molecule has 1 N–H and O–H groups in total. The minimum Gasteiger partial charge on any atom is -0.493 e. The molecule has 3 aromatic carbocycles. The van der Waals surface area contributed by atoms with E-state index in [4.69, 9.17) is 4.74 Å². The highest BCUT2D eigenvalue weighted by molar-refractivity contribution is 8.18. The van der Waals surface area contributed by atoms with Gasteiger partial charge in [-0.25, -0.2) is 9.38 Å². The summed E-state index contributed by atoms with van der Waals surface area (Å²) in [5.41, 5.74) is 1.10. The van der Waals surface area contributed by atoms with Crippen molar-refractivity contribution in [1.82, 2.24) is 5.32 Å². The lowest BCUT2D eigenvalue weighted by atomic mass is 10.0. The average Bonchev–Trinajstić information content (AvgIpc) is 3.04. The zero-order chi connectivity index (χ0) is 19.5. The summed E-state index contributed by atoms with van der Waals surface area (Å²) >= 11 is 1.19. The van der Waals surface area contributed by atoms with Crippen molar-refractivity contribution in [3.8, 4) is 5.75 Å². The van der Waals surface area contributed by atoms with Gasteiger partial charge >= 0.3 is 0 Å². The summed E-state index contributed by atoms with van der Waals surface area (Å²) in [6.45, 7) is 2.53. The number of amidine groups is 1. The number of carbonyl (C=O) groups excluding carboxylic acids is 1. The highest BCUT2D eigenvalue weighted by Crippen LogP contribution is 2.33. The van der Waals surface area contributed by atoms with Gasteiger partial charge in [-0.15, -0.1) is 0 Å². The second kappa shape index (κ2) is 7.86. The number of benzene rings is 3. The smallest absolute Gasteiger partial charge is 0.264 e. The van der Waals surface area contributed by atoms with Gasteiger partial charge in [-0.3, -0.25) is 4.79 Å². The van der Waals surface area contributed by atoms with E-state index in [1.165, 1.54) is 17.8 Å². The molecule has 1 saturated heterocycles. The summed E-state index contributed by atoms with van der Waals surface area (Å²) < 4.78 is 19.5. The largest absolute Gasteiger partial charge is 0.493 e. The molecule has 0 aromatic heterocycles. The summed E-state index contributed by atoms with van der Waals surface area (Å²) in [4.78, 5) is 17.1. The number of nitrogens with one attached hydrogen (secondary N) is 1. The first-order valence-corrected chi connectivity index (χ1v) is 9.66. The lowest BCUT2D eigenvalue weighted by molar-refractivity contribution is -0.115. The number of thioether (sulfide) groups is 1. The molecular weight excluding hydrogens is 375 g/mol. The predicted molar refractivity (Wildman–Crippen MR) is 112 cm³/mol. The Labute approximate surface area is 166 Å². The van der Waals surface area contributed by atoms with Crippen LogP contribution >= 0.6 is 11.8 Å². The van der Waals surface area contributed by atoms with E-state index in [-0.39, 0.29) is 11.6 Å². The molecule has 0 unspecified atom stereocenters. The molecule has 4 rings (SSSR count). The van der Waals surface area contributed by atoms with Crippen LogP contribution < -0.4 is 10.1 Å². The zero-order valence-electron chi connectivity index (χ0n) is 15.1. The predicted octanol–water partition coefficient (Wildman–Crippen LogP) is 5.27. The van der Waals surface area contributed by atoms with Crippen LogP contribution in [0.2, 0.25) is 0 Å². The highest BCUT2D eigenvalue weighted by Gasteiger charge is 2.24. The van der Waals surface area contributed by atoms with Gasteiger partial charge in [-0.1, -0.05) is 42.5 Å². The second-order valence-corrected chi connectivity index (χ2v) is 7.10. The Hall–Kier alpha value is -3.12. The van der Waals surface area contributed by atoms with Gasteiger partial charge in [0.1, 0.15) is 17.3 Å². The van der Waals surface area contributed by atoms with Gasteiger partial charge in [0.2, 0.25) is 0 Å². The third-order valence-electron chi connectivity index (χ3n) is 4.23. The van der Waals surface area contributed by atoms with Gasteiger partial charge < -0.3 is 10.1 Å². The lowest BCUT2D eigenvalue weighted by Gasteiger charge is -2.09. The third kappa shape index (κ3) is 3.64. The molecule has 28 heavy (non-hydrogen) atoms. The van der Waals surface area contributed by atoms with Crippen molar-refractivity contribution in [3.63, 3.8) is 0 Å². The maximum Gasteiger partial charge on any atom is 0.264 e. The van der Waals surface area contributed by atoms with Crippen LogP contribution in [0.1, 0.15) is 12.5 Å². The first-order chi connectivity index (χ1) is 13.7. The molecule has 0 saturated carbocycles. The molecule has 6 heteroatoms. The molecule has 0 aliphatic carbocycles. The SMILES string of the molecule is CCOc1ccc(/C=C2\SC(=Nc3ccccc3F)NC2=O)c2ccccc12. The van der Waals surface area contributed by atoms with Crippen LogP contribution in [0.15, 0.2) is 70.6 Å². The van der Waals surface area contributed by atoms with Crippen LogP contribution in [0.4, 0.5) is 10.1 Å². The summed E-state index contributed by atoms with van der Waals surface area (Å²) in [6.07, 6.45) is 1.82. The van der Waals surface area contributed by atoms with Gasteiger partial charge in [-0.05, 0) is 53.9 Å². The van der Waals surface area contributed by atoms with Crippen LogP contribution in [-0.2, 0) is 4.79 Å². The Morgan fingerprint density at radius 1 is 1.07 bits per heavy atom. The van der Waals surface area contributed by atoms with Gasteiger partial charge in [0.15, 0.2) is 5.17 Å². The molecule has 1 amide bonds. The van der Waals surface area contributed by atoms with Crippen molar-refractivity contribution in [2.24, 2.45) is 4.99 Å². The van der Waals surface area contributed by atoms with Crippen molar-refractivity contribution < 1.29 is 13.9 Å². The van der Waals surface area contributed by atoms with E-state index >= 15 is 0 Å². The van der Waals surface area contributed by atoms with Crippen LogP contribution in [0, 0.1) is 5.82 Å². The van der Waals surface area contributed by atoms with Gasteiger partial charge in [0.25, 0.3) is 5.91 Å². The second-order valence-electron chi connectivity index (χ2n) is 6.06. The Morgan fingerprint density at radius 2 is 1.82 bits per heavy atom.